The largest absolute Gasteiger partial charge is 0.453 e. The number of alkyl carbamates (subject to hydrolysis) is 2. The van der Waals surface area contributed by atoms with Gasteiger partial charge >= 0.3 is 12.2 Å². The molecule has 0 radical (unpaired) electrons. The molecule has 18 heteroatoms. The molecule has 3 heterocycles. The topological polar surface area (TPSA) is 224 Å². The third-order valence-corrected chi connectivity index (χ3v) is 12.2. The molecular formula is C49H48N8O10. The Morgan fingerprint density at radius 3 is 1.52 bits per heavy atom. The Balaban J connectivity index is 1.08. The molecule has 4 atom stereocenters. The van der Waals surface area contributed by atoms with Gasteiger partial charge < -0.3 is 45.1 Å². The van der Waals surface area contributed by atoms with Crippen molar-refractivity contribution in [1.82, 2.24) is 25.0 Å². The second-order valence-corrected chi connectivity index (χ2v) is 16.3. The van der Waals surface area contributed by atoms with Gasteiger partial charge in [0.1, 0.15) is 24.2 Å². The molecule has 2 aliphatic heterocycles. The van der Waals surface area contributed by atoms with Crippen molar-refractivity contribution in [2.24, 2.45) is 0 Å². The summed E-state index contributed by atoms with van der Waals surface area (Å²) in [6, 6.07) is 30.7. The summed E-state index contributed by atoms with van der Waals surface area (Å²) >= 11 is 0. The molecule has 0 unspecified atom stereocenters. The van der Waals surface area contributed by atoms with Crippen molar-refractivity contribution < 1.29 is 43.2 Å². The number of carbonyl (C=O) groups is 6. The first-order valence-electron chi connectivity index (χ1n) is 21.7. The third kappa shape index (κ3) is 9.73. The van der Waals surface area contributed by atoms with Crippen molar-refractivity contribution in [2.45, 2.75) is 56.4 Å². The summed E-state index contributed by atoms with van der Waals surface area (Å²) in [5.41, 5.74) is 3.82. The van der Waals surface area contributed by atoms with E-state index in [1.54, 1.807) is 97.1 Å². The lowest BCUT2D eigenvalue weighted by Gasteiger charge is -2.28. The van der Waals surface area contributed by atoms with Crippen molar-refractivity contribution >= 4 is 74.7 Å². The van der Waals surface area contributed by atoms with Crippen LogP contribution >= 0.6 is 0 Å². The number of methoxy groups -OCH3 is 2. The molecule has 1 aromatic heterocycles. The van der Waals surface area contributed by atoms with Crippen LogP contribution < -0.4 is 21.3 Å². The van der Waals surface area contributed by atoms with Gasteiger partial charge in [0.15, 0.2) is 0 Å². The first-order valence-corrected chi connectivity index (χ1v) is 21.7. The van der Waals surface area contributed by atoms with Crippen molar-refractivity contribution in [2.75, 3.05) is 37.9 Å². The number of hydrogen-bond acceptors (Lipinski definition) is 10. The summed E-state index contributed by atoms with van der Waals surface area (Å²) in [4.78, 5) is 95.1. The predicted octanol–water partition coefficient (Wildman–Crippen LogP) is 6.80. The molecule has 67 heavy (non-hydrogen) atoms. The van der Waals surface area contributed by atoms with Crippen molar-refractivity contribution in [3.63, 3.8) is 0 Å². The van der Waals surface area contributed by atoms with Gasteiger partial charge in [-0.25, -0.2) is 9.59 Å². The summed E-state index contributed by atoms with van der Waals surface area (Å²) in [5.74, 6) is -1.75. The monoisotopic (exact) mass is 908 g/mol. The lowest BCUT2D eigenvalue weighted by atomic mass is 10.0. The Labute approximate surface area is 384 Å². The van der Waals surface area contributed by atoms with Crippen LogP contribution in [0, 0.1) is 10.1 Å². The van der Waals surface area contributed by atoms with E-state index in [-0.39, 0.29) is 12.2 Å². The number of nitro benzene ring substituents is 1. The highest BCUT2D eigenvalue weighted by molar-refractivity contribution is 6.11. The number of ether oxygens (including phenoxy) is 2. The first kappa shape index (κ1) is 45.3. The van der Waals surface area contributed by atoms with E-state index in [0.29, 0.717) is 77.9 Å². The van der Waals surface area contributed by atoms with Gasteiger partial charge in [0.05, 0.1) is 30.2 Å². The summed E-state index contributed by atoms with van der Waals surface area (Å²) < 4.78 is 11.5. The summed E-state index contributed by atoms with van der Waals surface area (Å²) in [7, 11) is 2.41. The summed E-state index contributed by atoms with van der Waals surface area (Å²) in [6.45, 7) is 0.775. The van der Waals surface area contributed by atoms with E-state index in [9.17, 15) is 38.9 Å². The van der Waals surface area contributed by atoms with Crippen LogP contribution in [-0.4, -0.2) is 94.5 Å². The number of nitro groups is 1. The number of aromatic nitrogens is 1. The minimum atomic E-state index is -1.08. The van der Waals surface area contributed by atoms with E-state index in [2.05, 4.69) is 21.3 Å². The smallest absolute Gasteiger partial charge is 0.407 e. The summed E-state index contributed by atoms with van der Waals surface area (Å²) in [5, 5.41) is 24.6. The molecule has 5 aromatic carbocycles. The van der Waals surface area contributed by atoms with Crippen LogP contribution in [0.1, 0.15) is 54.5 Å². The van der Waals surface area contributed by atoms with Crippen molar-refractivity contribution in [3.05, 3.63) is 148 Å². The molecule has 6 amide bonds. The molecule has 2 fully saturated rings. The lowest BCUT2D eigenvalue weighted by Crippen LogP contribution is -2.48. The summed E-state index contributed by atoms with van der Waals surface area (Å²) in [6.07, 6.45) is 0.338. The van der Waals surface area contributed by atoms with Gasteiger partial charge in [-0.3, -0.25) is 29.3 Å². The quantitative estimate of drug-likeness (QED) is 0.0700. The van der Waals surface area contributed by atoms with Gasteiger partial charge in [-0.1, -0.05) is 84.9 Å². The van der Waals surface area contributed by atoms with E-state index < -0.39 is 64.9 Å². The average Bonchev–Trinajstić information content (AvgIpc) is 4.12. The normalized spacial score (nSPS) is 16.5. The van der Waals surface area contributed by atoms with Gasteiger partial charge in [-0.2, -0.15) is 0 Å². The number of non-ortho nitro benzene ring substituents is 1. The van der Waals surface area contributed by atoms with Gasteiger partial charge in [0.25, 0.3) is 17.5 Å². The van der Waals surface area contributed by atoms with E-state index in [0.717, 1.165) is 10.8 Å². The number of likely N-dealkylation sites (tertiary alicyclic amines) is 2. The minimum Gasteiger partial charge on any atom is -0.453 e. The Bertz CT molecular complexity index is 2710. The Hall–Kier alpha value is -8.28. The SMILES string of the molecule is COC(=O)N[C@@H](C(=O)N1CCC[C@H]1C(=O)Nc1ccc2c3ccc(NC(=O)[C@@H]4CCCN4C(=O)[C@H](NC(=O)OC)c4ccccc4)cc3n(Cc3cccc([N+](=O)[O-])c3)c2c1)c1ccccc1. The molecule has 0 saturated carbocycles. The Kier molecular flexibility index (Phi) is 13.4. The zero-order valence-corrected chi connectivity index (χ0v) is 36.7. The molecule has 0 bridgehead atoms. The average molecular weight is 909 g/mol. The maximum absolute atomic E-state index is 14.1. The first-order chi connectivity index (χ1) is 32.4. The van der Waals surface area contributed by atoms with Crippen LogP contribution in [-0.2, 0) is 35.2 Å². The lowest BCUT2D eigenvalue weighted by molar-refractivity contribution is -0.384. The Morgan fingerprint density at radius 1 is 0.627 bits per heavy atom. The second-order valence-electron chi connectivity index (χ2n) is 16.3. The van der Waals surface area contributed by atoms with Gasteiger partial charge in [-0.15, -0.1) is 0 Å². The minimum absolute atomic E-state index is 0.0851. The van der Waals surface area contributed by atoms with E-state index in [1.165, 1.54) is 36.2 Å². The highest BCUT2D eigenvalue weighted by atomic mass is 16.6. The number of carbonyl (C=O) groups excluding carboxylic acids is 6. The molecule has 0 aliphatic carbocycles. The molecule has 2 aliphatic rings. The maximum atomic E-state index is 14.1. The molecule has 8 rings (SSSR count). The van der Waals surface area contributed by atoms with E-state index >= 15 is 0 Å². The highest BCUT2D eigenvalue weighted by Gasteiger charge is 2.40. The highest BCUT2D eigenvalue weighted by Crippen LogP contribution is 2.35. The van der Waals surface area contributed by atoms with Crippen molar-refractivity contribution in [1.29, 1.82) is 0 Å². The van der Waals surface area contributed by atoms with Crippen LogP contribution in [0.5, 0.6) is 0 Å². The van der Waals surface area contributed by atoms with Crippen LogP contribution in [0.2, 0.25) is 0 Å². The number of fused-ring (bicyclic) bond motifs is 3. The number of benzene rings is 5. The van der Waals surface area contributed by atoms with E-state index in [1.807, 2.05) is 16.7 Å². The third-order valence-electron chi connectivity index (χ3n) is 12.2. The molecule has 2 saturated heterocycles. The molecule has 18 nitrogen and oxygen atoms in total. The van der Waals surface area contributed by atoms with Crippen LogP contribution in [0.25, 0.3) is 21.8 Å². The predicted molar refractivity (Wildman–Crippen MR) is 248 cm³/mol. The van der Waals surface area contributed by atoms with Crippen LogP contribution in [0.3, 0.4) is 0 Å². The van der Waals surface area contributed by atoms with E-state index in [4.69, 9.17) is 9.47 Å². The van der Waals surface area contributed by atoms with Crippen molar-refractivity contribution in [3.8, 4) is 0 Å². The number of rotatable bonds is 13. The number of amides is 6. The Morgan fingerprint density at radius 2 is 1.09 bits per heavy atom. The molecule has 0 spiro atoms. The zero-order chi connectivity index (χ0) is 47.2. The fraction of sp³-hybridized carbons (Fsp3) is 0.265. The van der Waals surface area contributed by atoms with Gasteiger partial charge in [0, 0.05) is 53.9 Å². The fourth-order valence-electron chi connectivity index (χ4n) is 8.98. The number of hydrogen-bond donors (Lipinski definition) is 4. The molecule has 4 N–H and O–H groups in total. The van der Waals surface area contributed by atoms with Crippen LogP contribution in [0.4, 0.5) is 26.7 Å². The van der Waals surface area contributed by atoms with Gasteiger partial charge in [0.2, 0.25) is 11.8 Å². The molecule has 344 valence electrons. The number of nitrogens with one attached hydrogen (secondary N) is 4. The second kappa shape index (κ2) is 19.9. The standard InChI is InChI=1S/C49H48N8O10/c1-66-48(62)52-42(31-13-5-3-6-14-31)46(60)54-24-10-18-38(54)44(58)50-33-20-22-36-37-23-21-34(28-41(37)56(40(36)27-33)29-30-12-9-17-35(26-30)57(64)65)51-45(59)39-19-11-25-55(39)47(61)43(53-49(63)67-2)32-15-7-4-8-16-32/h3-9,12-17,20-23,26-28,38-39,42-43H,10-11,18-19,24-25,29H2,1-2H3,(H,50,58)(H,51,59)(H,52,62)(H,53,63)/t38-,39-,42+,43+/m0/s1. The van der Waals surface area contributed by atoms with Gasteiger partial charge in [-0.05, 0) is 66.6 Å². The molecule has 6 aromatic rings. The number of anilines is 2. The number of nitrogens with zero attached hydrogens (tertiary/aromatic N) is 4. The van der Waals surface area contributed by atoms with Crippen LogP contribution in [0.15, 0.2) is 121 Å². The maximum Gasteiger partial charge on any atom is 0.407 e. The molecular weight excluding hydrogens is 861 g/mol. The fourth-order valence-corrected chi connectivity index (χ4v) is 8.98. The zero-order valence-electron chi connectivity index (χ0n) is 36.7.